The number of hydrogen-bond donors (Lipinski definition) is 0. The van der Waals surface area contributed by atoms with Crippen LogP contribution in [0.4, 0.5) is 34.1 Å². The largest absolute Gasteiger partial charge is 0.454 e. The van der Waals surface area contributed by atoms with Crippen molar-refractivity contribution in [2.45, 2.75) is 45.4 Å². The highest BCUT2D eigenvalue weighted by Crippen LogP contribution is 2.57. The number of fused-ring (bicyclic) bond motifs is 13. The molecule has 0 aromatic heterocycles. The first-order chi connectivity index (χ1) is 28.2. The third-order valence-electron chi connectivity index (χ3n) is 13.9. The Hall–Kier alpha value is -6.60. The topological polar surface area (TPSA) is 43.4 Å². The molecule has 6 aliphatic rings. The van der Waals surface area contributed by atoms with E-state index in [1.54, 1.807) is 0 Å². The number of nitrogens with zero attached hydrogens (tertiary/aromatic N) is 2. The van der Waals surface area contributed by atoms with Gasteiger partial charge in [-0.05, 0) is 122 Å². The zero-order valence-corrected chi connectivity index (χ0v) is 33.1. The van der Waals surface area contributed by atoms with Gasteiger partial charge in [0.1, 0.15) is 0 Å². The predicted octanol–water partition coefficient (Wildman–Crippen LogP) is 10.1. The Kier molecular flexibility index (Phi) is 6.09. The highest BCUT2D eigenvalue weighted by Gasteiger charge is 2.48. The van der Waals surface area contributed by atoms with E-state index in [1.807, 2.05) is 12.1 Å². The van der Waals surface area contributed by atoms with Gasteiger partial charge in [-0.2, -0.15) is 0 Å². The summed E-state index contributed by atoms with van der Waals surface area (Å²) in [5.74, 6) is 2.95. The highest BCUT2D eigenvalue weighted by molar-refractivity contribution is 7.00. The summed E-state index contributed by atoms with van der Waals surface area (Å²) in [4.78, 5) is 4.90. The van der Waals surface area contributed by atoms with Crippen molar-refractivity contribution in [1.82, 2.24) is 0 Å². The molecule has 0 saturated heterocycles. The second kappa shape index (κ2) is 10.9. The predicted molar refractivity (Wildman–Crippen MR) is 233 cm³/mol. The minimum Gasteiger partial charge on any atom is -0.454 e. The molecule has 0 saturated carbocycles. The van der Waals surface area contributed by atoms with Crippen molar-refractivity contribution in [3.8, 4) is 45.3 Å². The minimum atomic E-state index is -0.171. The zero-order valence-electron chi connectivity index (χ0n) is 33.1. The molecule has 7 aromatic rings. The first-order valence-electron chi connectivity index (χ1n) is 20.3. The Balaban J connectivity index is 1.14. The molecule has 2 aliphatic carbocycles. The monoisotopic (exact) mass is 754 g/mol. The maximum Gasteiger partial charge on any atom is 0.252 e. The quantitative estimate of drug-likeness (QED) is 0.164. The van der Waals surface area contributed by atoms with Crippen LogP contribution in [0.2, 0.25) is 0 Å². The number of rotatable bonds is 2. The van der Waals surface area contributed by atoms with Crippen LogP contribution in [0.25, 0.3) is 22.3 Å². The molecule has 0 amide bonds. The second-order valence-electron chi connectivity index (χ2n) is 17.6. The number of hydrogen-bond acceptors (Lipinski definition) is 6. The number of para-hydroxylation sites is 1. The molecule has 280 valence electrons. The zero-order chi connectivity index (χ0) is 38.8. The van der Waals surface area contributed by atoms with Crippen molar-refractivity contribution in [3.63, 3.8) is 0 Å². The van der Waals surface area contributed by atoms with Crippen molar-refractivity contribution in [2.24, 2.45) is 0 Å². The average molecular weight is 755 g/mol. The van der Waals surface area contributed by atoms with Gasteiger partial charge in [-0.3, -0.25) is 0 Å². The van der Waals surface area contributed by atoms with Gasteiger partial charge in [0.2, 0.25) is 13.6 Å². The molecule has 7 aromatic carbocycles. The average Bonchev–Trinajstić information content (AvgIpc) is 4.01. The normalized spacial score (nSPS) is 16.9. The van der Waals surface area contributed by atoms with E-state index in [1.165, 1.54) is 66.8 Å². The van der Waals surface area contributed by atoms with Crippen LogP contribution in [0.15, 0.2) is 121 Å². The van der Waals surface area contributed by atoms with Crippen molar-refractivity contribution in [2.75, 3.05) is 23.4 Å². The minimum absolute atomic E-state index is 0.0946. The first kappa shape index (κ1) is 32.5. The van der Waals surface area contributed by atoms with E-state index in [0.717, 1.165) is 56.8 Å². The maximum absolute atomic E-state index is 6.42. The van der Waals surface area contributed by atoms with Gasteiger partial charge < -0.3 is 28.7 Å². The Morgan fingerprint density at radius 2 is 1.12 bits per heavy atom. The summed E-state index contributed by atoms with van der Waals surface area (Å²) in [6.07, 6.45) is 0. The lowest BCUT2D eigenvalue weighted by Crippen LogP contribution is -2.61. The van der Waals surface area contributed by atoms with Gasteiger partial charge >= 0.3 is 0 Å². The van der Waals surface area contributed by atoms with E-state index in [2.05, 4.69) is 154 Å². The first-order valence-corrected chi connectivity index (χ1v) is 20.3. The van der Waals surface area contributed by atoms with Crippen molar-refractivity contribution < 1.29 is 18.9 Å². The summed E-state index contributed by atoms with van der Waals surface area (Å²) in [6.45, 7) is 12.0. The van der Waals surface area contributed by atoms with Crippen LogP contribution in [0.5, 0.6) is 23.0 Å². The third-order valence-corrected chi connectivity index (χ3v) is 13.9. The standard InChI is InChI=1S/C51H39BN2O4/c1-28-21-42-46-43(22-28)54(40-15-10-16-44-48(40)57-26-55-44)47-38(19-20-45-49(47)58-27-56-45)52(46)39-24-33-31-12-7-9-14-35(31)51(4,5)37(33)25-41(39)53(42)29-17-18-32-30-11-6-8-13-34(30)50(2,3)36(32)23-29/h6-25H,26-27H2,1-5H3. The van der Waals surface area contributed by atoms with E-state index in [9.17, 15) is 0 Å². The molecular formula is C51H39BN2O4. The lowest BCUT2D eigenvalue weighted by atomic mass is 9.33. The van der Waals surface area contributed by atoms with E-state index in [-0.39, 0.29) is 31.1 Å². The number of aryl methyl sites for hydroxylation is 1. The van der Waals surface area contributed by atoms with Crippen molar-refractivity contribution in [1.29, 1.82) is 0 Å². The van der Waals surface area contributed by atoms with Crippen LogP contribution in [-0.2, 0) is 10.8 Å². The molecule has 6 nitrogen and oxygen atoms in total. The molecule has 7 heteroatoms. The van der Waals surface area contributed by atoms with Crippen molar-refractivity contribution in [3.05, 3.63) is 149 Å². The molecule has 0 fully saturated rings. The summed E-state index contributed by atoms with van der Waals surface area (Å²) in [5.41, 5.74) is 21.7. The fourth-order valence-corrected chi connectivity index (χ4v) is 11.2. The van der Waals surface area contributed by atoms with Crippen LogP contribution in [0.1, 0.15) is 55.5 Å². The van der Waals surface area contributed by atoms with Crippen molar-refractivity contribution >= 4 is 57.2 Å². The summed E-state index contributed by atoms with van der Waals surface area (Å²) < 4.78 is 24.7. The van der Waals surface area contributed by atoms with Gasteiger partial charge in [-0.1, -0.05) is 100 Å². The smallest absolute Gasteiger partial charge is 0.252 e. The van der Waals surface area contributed by atoms with E-state index in [4.69, 9.17) is 18.9 Å². The molecule has 0 bridgehead atoms. The molecule has 0 N–H and O–H groups in total. The Bertz CT molecular complexity index is 3020. The lowest BCUT2D eigenvalue weighted by Gasteiger charge is -2.45. The lowest BCUT2D eigenvalue weighted by molar-refractivity contribution is 0.174. The molecule has 0 radical (unpaired) electrons. The van der Waals surface area contributed by atoms with Gasteiger partial charge in [0.25, 0.3) is 6.71 Å². The summed E-state index contributed by atoms with van der Waals surface area (Å²) >= 11 is 0. The molecule has 0 unspecified atom stereocenters. The molecule has 4 aliphatic heterocycles. The number of anilines is 6. The molecule has 4 heterocycles. The van der Waals surface area contributed by atoms with Crippen LogP contribution in [0, 0.1) is 6.92 Å². The fraction of sp³-hybridized carbons (Fsp3) is 0.176. The van der Waals surface area contributed by atoms with Crippen LogP contribution in [0.3, 0.4) is 0 Å². The van der Waals surface area contributed by atoms with Gasteiger partial charge in [-0.25, -0.2) is 0 Å². The summed E-state index contributed by atoms with van der Waals surface area (Å²) in [7, 11) is 0. The molecular weight excluding hydrogens is 715 g/mol. The van der Waals surface area contributed by atoms with Crippen LogP contribution < -0.4 is 45.1 Å². The van der Waals surface area contributed by atoms with Gasteiger partial charge in [-0.15, -0.1) is 0 Å². The maximum atomic E-state index is 6.42. The molecule has 0 spiro atoms. The molecule has 58 heavy (non-hydrogen) atoms. The van der Waals surface area contributed by atoms with E-state index < -0.39 is 0 Å². The van der Waals surface area contributed by atoms with Gasteiger partial charge in [0.15, 0.2) is 23.0 Å². The van der Waals surface area contributed by atoms with Gasteiger partial charge in [0, 0.05) is 33.6 Å². The summed E-state index contributed by atoms with van der Waals surface area (Å²) in [6, 6.07) is 45.2. The van der Waals surface area contributed by atoms with Crippen LogP contribution in [-0.4, -0.2) is 20.3 Å². The number of ether oxygens (including phenoxy) is 4. The second-order valence-corrected chi connectivity index (χ2v) is 17.6. The Labute approximate surface area is 338 Å². The van der Waals surface area contributed by atoms with E-state index in [0.29, 0.717) is 0 Å². The SMILES string of the molecule is Cc1cc2c3c(c1)N(c1cccc4c1OCO4)c1c(ccc4c1OCO4)B3c1cc3c(cc1N2c1ccc2c(c1)C(C)(C)c1ccccc1-2)C(C)(C)c1ccccc1-3. The number of benzene rings is 7. The van der Waals surface area contributed by atoms with E-state index >= 15 is 0 Å². The van der Waals surface area contributed by atoms with Gasteiger partial charge in [0.05, 0.1) is 11.4 Å². The third kappa shape index (κ3) is 3.94. The Morgan fingerprint density at radius 3 is 1.88 bits per heavy atom. The molecule has 13 rings (SSSR count). The Morgan fingerprint density at radius 1 is 0.483 bits per heavy atom. The summed E-state index contributed by atoms with van der Waals surface area (Å²) in [5, 5.41) is 0. The fourth-order valence-electron chi connectivity index (χ4n) is 11.2. The highest BCUT2D eigenvalue weighted by atomic mass is 16.7. The molecule has 0 atom stereocenters. The van der Waals surface area contributed by atoms with Crippen LogP contribution >= 0.6 is 0 Å².